The van der Waals surface area contributed by atoms with Crippen molar-refractivity contribution in [3.05, 3.63) is 34.9 Å². The number of anilines is 1. The molecular weight excluding hydrogens is 198 g/mol. The Balaban J connectivity index is 2.35. The summed E-state index contributed by atoms with van der Waals surface area (Å²) in [7, 11) is 0. The van der Waals surface area contributed by atoms with Crippen molar-refractivity contribution in [3.8, 4) is 0 Å². The van der Waals surface area contributed by atoms with Gasteiger partial charge >= 0.3 is 0 Å². The first-order valence-corrected chi connectivity index (χ1v) is 4.97. The Morgan fingerprint density at radius 1 is 1.29 bits per heavy atom. The quantitative estimate of drug-likeness (QED) is 0.722. The molecule has 0 atom stereocenters. The number of nitrogen functional groups attached to an aromatic ring is 1. The van der Waals surface area contributed by atoms with Gasteiger partial charge in [-0.1, -0.05) is 17.7 Å². The van der Waals surface area contributed by atoms with Crippen LogP contribution in [0.3, 0.4) is 0 Å². The van der Waals surface area contributed by atoms with Crippen LogP contribution in [0.5, 0.6) is 0 Å². The lowest BCUT2D eigenvalue weighted by atomic mass is 10.0. The van der Waals surface area contributed by atoms with Crippen LogP contribution in [-0.4, -0.2) is 13.2 Å². The summed E-state index contributed by atoms with van der Waals surface area (Å²) in [5.41, 5.74) is 8.81. The smallest absolute Gasteiger partial charge is 0.0653 e. The first kappa shape index (κ1) is 9.56. The Hall–Kier alpha value is -0.990. The van der Waals surface area contributed by atoms with Gasteiger partial charge in [0.2, 0.25) is 0 Å². The zero-order valence-corrected chi connectivity index (χ0v) is 8.55. The molecule has 1 aliphatic heterocycles. The van der Waals surface area contributed by atoms with Crippen LogP contribution in [0.4, 0.5) is 5.69 Å². The predicted molar refractivity (Wildman–Crippen MR) is 59.3 cm³/mol. The van der Waals surface area contributed by atoms with Gasteiger partial charge in [0.1, 0.15) is 0 Å². The molecule has 0 saturated heterocycles. The molecule has 1 heterocycles. The average molecular weight is 210 g/mol. The van der Waals surface area contributed by atoms with Crippen molar-refractivity contribution >= 4 is 22.9 Å². The summed E-state index contributed by atoms with van der Waals surface area (Å²) in [5, 5.41) is 0.687. The summed E-state index contributed by atoms with van der Waals surface area (Å²) in [5.74, 6) is 0. The number of hydrogen-bond acceptors (Lipinski definition) is 2. The molecule has 14 heavy (non-hydrogen) atoms. The van der Waals surface area contributed by atoms with Crippen LogP contribution in [0.15, 0.2) is 24.3 Å². The maximum Gasteiger partial charge on any atom is 0.0653 e. The maximum absolute atomic E-state index is 5.93. The van der Waals surface area contributed by atoms with E-state index in [9.17, 15) is 0 Å². The van der Waals surface area contributed by atoms with Crippen molar-refractivity contribution in [2.75, 3.05) is 18.9 Å². The Bertz CT molecular complexity index is 353. The van der Waals surface area contributed by atoms with Crippen LogP contribution in [-0.2, 0) is 4.74 Å². The molecule has 1 aliphatic rings. The second-order valence-electron chi connectivity index (χ2n) is 3.33. The maximum atomic E-state index is 5.93. The molecule has 0 unspecified atom stereocenters. The van der Waals surface area contributed by atoms with Crippen molar-refractivity contribution in [2.24, 2.45) is 0 Å². The lowest BCUT2D eigenvalue weighted by Gasteiger charge is -2.14. The molecule has 0 aliphatic carbocycles. The number of benzene rings is 1. The van der Waals surface area contributed by atoms with E-state index in [-0.39, 0.29) is 0 Å². The molecule has 2 N–H and O–H groups in total. The molecule has 74 valence electrons. The Morgan fingerprint density at radius 3 is 2.79 bits per heavy atom. The highest BCUT2D eigenvalue weighted by atomic mass is 35.5. The Kier molecular flexibility index (Phi) is 2.75. The average Bonchev–Trinajstić information content (AvgIpc) is 2.18. The minimum atomic E-state index is 0.682. The molecule has 0 bridgehead atoms. The van der Waals surface area contributed by atoms with Gasteiger partial charge in [-0.25, -0.2) is 0 Å². The van der Waals surface area contributed by atoms with Crippen molar-refractivity contribution in [3.63, 3.8) is 0 Å². The first-order valence-electron chi connectivity index (χ1n) is 4.59. The van der Waals surface area contributed by atoms with Crippen molar-refractivity contribution in [2.45, 2.75) is 6.42 Å². The van der Waals surface area contributed by atoms with Crippen LogP contribution >= 0.6 is 11.6 Å². The van der Waals surface area contributed by atoms with E-state index >= 15 is 0 Å². The van der Waals surface area contributed by atoms with E-state index in [0.717, 1.165) is 18.6 Å². The van der Waals surface area contributed by atoms with E-state index in [1.54, 1.807) is 6.07 Å². The van der Waals surface area contributed by atoms with Gasteiger partial charge in [-0.3, -0.25) is 0 Å². The second kappa shape index (κ2) is 4.03. The third kappa shape index (κ3) is 2.08. The minimum absolute atomic E-state index is 0.682. The summed E-state index contributed by atoms with van der Waals surface area (Å²) in [4.78, 5) is 0. The van der Waals surface area contributed by atoms with E-state index in [0.29, 0.717) is 17.3 Å². The second-order valence-corrected chi connectivity index (χ2v) is 3.76. The summed E-state index contributed by atoms with van der Waals surface area (Å²) in [6, 6.07) is 5.64. The van der Waals surface area contributed by atoms with Gasteiger partial charge in [-0.05, 0) is 35.8 Å². The highest BCUT2D eigenvalue weighted by Gasteiger charge is 2.07. The molecule has 1 aromatic carbocycles. The van der Waals surface area contributed by atoms with E-state index in [1.165, 1.54) is 5.57 Å². The predicted octanol–water partition coefficient (Wildman–Crippen LogP) is 2.73. The summed E-state index contributed by atoms with van der Waals surface area (Å²) in [6.07, 6.45) is 3.01. The molecule has 0 radical (unpaired) electrons. The third-order valence-corrected chi connectivity index (χ3v) is 2.47. The van der Waals surface area contributed by atoms with E-state index in [4.69, 9.17) is 22.1 Å². The van der Waals surface area contributed by atoms with Crippen LogP contribution in [0.25, 0.3) is 5.57 Å². The molecular formula is C11H12ClNO. The van der Waals surface area contributed by atoms with Gasteiger partial charge in [-0.2, -0.15) is 0 Å². The van der Waals surface area contributed by atoms with Crippen LogP contribution in [0, 0.1) is 0 Å². The first-order chi connectivity index (χ1) is 6.75. The van der Waals surface area contributed by atoms with Gasteiger partial charge in [-0.15, -0.1) is 0 Å². The molecule has 0 spiro atoms. The highest BCUT2D eigenvalue weighted by Crippen LogP contribution is 2.26. The van der Waals surface area contributed by atoms with Gasteiger partial charge < -0.3 is 10.5 Å². The van der Waals surface area contributed by atoms with Gasteiger partial charge in [0, 0.05) is 10.7 Å². The molecule has 0 saturated carbocycles. The summed E-state index contributed by atoms with van der Waals surface area (Å²) < 4.78 is 5.24. The highest BCUT2D eigenvalue weighted by molar-refractivity contribution is 6.31. The van der Waals surface area contributed by atoms with E-state index in [2.05, 4.69) is 6.08 Å². The number of ether oxygens (including phenoxy) is 1. The van der Waals surface area contributed by atoms with Crippen LogP contribution in [0.1, 0.15) is 12.0 Å². The minimum Gasteiger partial charge on any atom is -0.399 e. The van der Waals surface area contributed by atoms with Crippen molar-refractivity contribution < 1.29 is 4.74 Å². The molecule has 0 amide bonds. The number of halogens is 1. The molecule has 2 rings (SSSR count). The Morgan fingerprint density at radius 2 is 2.14 bits per heavy atom. The normalized spacial score (nSPS) is 16.5. The van der Waals surface area contributed by atoms with Crippen molar-refractivity contribution in [1.29, 1.82) is 0 Å². The molecule has 3 heteroatoms. The fraction of sp³-hybridized carbons (Fsp3) is 0.273. The standard InChI is InChI=1S/C11H12ClNO/c12-10-5-9(6-11(13)7-10)8-1-3-14-4-2-8/h1,5-7H,2-4,13H2. The zero-order chi connectivity index (χ0) is 9.97. The van der Waals surface area contributed by atoms with Gasteiger partial charge in [0.25, 0.3) is 0 Å². The van der Waals surface area contributed by atoms with E-state index in [1.807, 2.05) is 12.1 Å². The molecule has 0 aromatic heterocycles. The summed E-state index contributed by atoms with van der Waals surface area (Å²) >= 11 is 5.93. The van der Waals surface area contributed by atoms with Crippen molar-refractivity contribution in [1.82, 2.24) is 0 Å². The van der Waals surface area contributed by atoms with Gasteiger partial charge in [0.05, 0.1) is 13.2 Å². The summed E-state index contributed by atoms with van der Waals surface area (Å²) in [6.45, 7) is 1.46. The fourth-order valence-electron chi connectivity index (χ4n) is 1.59. The largest absolute Gasteiger partial charge is 0.399 e. The fourth-order valence-corrected chi connectivity index (χ4v) is 1.83. The SMILES string of the molecule is Nc1cc(Cl)cc(C2=CCOCC2)c1. The topological polar surface area (TPSA) is 35.2 Å². The number of hydrogen-bond donors (Lipinski definition) is 1. The lowest BCUT2D eigenvalue weighted by molar-refractivity contribution is 0.161. The van der Waals surface area contributed by atoms with Gasteiger partial charge in [0.15, 0.2) is 0 Å². The van der Waals surface area contributed by atoms with E-state index < -0.39 is 0 Å². The third-order valence-electron chi connectivity index (χ3n) is 2.25. The number of rotatable bonds is 1. The Labute approximate surface area is 88.3 Å². The molecule has 2 nitrogen and oxygen atoms in total. The zero-order valence-electron chi connectivity index (χ0n) is 7.79. The van der Waals surface area contributed by atoms with Crippen LogP contribution in [0.2, 0.25) is 5.02 Å². The molecule has 1 aromatic rings. The number of nitrogens with two attached hydrogens (primary N) is 1. The molecule has 0 fully saturated rings. The van der Waals surface area contributed by atoms with Crippen LogP contribution < -0.4 is 5.73 Å². The lowest BCUT2D eigenvalue weighted by Crippen LogP contribution is -2.03. The monoisotopic (exact) mass is 209 g/mol.